The molecular formula is C8H10N4O. The lowest BCUT2D eigenvalue weighted by Crippen LogP contribution is -2.18. The molecule has 1 N–H and O–H groups in total. The third-order valence-electron chi connectivity index (χ3n) is 1.92. The zero-order valence-electron chi connectivity index (χ0n) is 7.48. The first kappa shape index (κ1) is 7.97. The van der Waals surface area contributed by atoms with Crippen LogP contribution in [-0.2, 0) is 0 Å². The largest absolute Gasteiger partial charge is 0.327 e. The molecule has 0 saturated carbocycles. The number of nitrogens with zero attached hydrogens (tertiary/aromatic N) is 3. The smallest absolute Gasteiger partial charge is 0.289 e. The minimum absolute atomic E-state index is 0.130. The minimum Gasteiger partial charge on any atom is -0.289 e. The highest BCUT2D eigenvalue weighted by Crippen LogP contribution is 2.10. The fraction of sp³-hybridized carbons (Fsp3) is 0.375. The summed E-state index contributed by atoms with van der Waals surface area (Å²) in [5, 5.41) is 7.51. The monoisotopic (exact) mass is 178 g/mol. The van der Waals surface area contributed by atoms with Crippen LogP contribution >= 0.6 is 0 Å². The maximum absolute atomic E-state index is 11.4. The van der Waals surface area contributed by atoms with Gasteiger partial charge in [-0.05, 0) is 19.9 Å². The molecule has 0 atom stereocenters. The van der Waals surface area contributed by atoms with E-state index in [0.717, 1.165) is 5.52 Å². The molecule has 0 unspecified atom stereocenters. The Hall–Kier alpha value is -1.65. The summed E-state index contributed by atoms with van der Waals surface area (Å²) in [6.45, 7) is 3.91. The van der Waals surface area contributed by atoms with Gasteiger partial charge in [0, 0.05) is 6.04 Å². The Balaban J connectivity index is 2.87. The van der Waals surface area contributed by atoms with Crippen LogP contribution in [0.4, 0.5) is 0 Å². The lowest BCUT2D eigenvalue weighted by molar-refractivity contribution is 0.598. The van der Waals surface area contributed by atoms with E-state index in [-0.39, 0.29) is 11.7 Å². The molecular weight excluding hydrogens is 168 g/mol. The van der Waals surface area contributed by atoms with Crippen LogP contribution in [0.1, 0.15) is 19.9 Å². The molecule has 2 aromatic heterocycles. The molecule has 0 spiro atoms. The topological polar surface area (TPSA) is 63.6 Å². The van der Waals surface area contributed by atoms with E-state index in [1.54, 1.807) is 16.8 Å². The average molecular weight is 178 g/mol. The molecule has 0 aromatic carbocycles. The van der Waals surface area contributed by atoms with Crippen molar-refractivity contribution in [1.29, 1.82) is 0 Å². The van der Waals surface area contributed by atoms with Gasteiger partial charge in [0.05, 0.1) is 11.7 Å². The Labute approximate surface area is 74.4 Å². The van der Waals surface area contributed by atoms with Gasteiger partial charge in [-0.2, -0.15) is 5.10 Å². The van der Waals surface area contributed by atoms with Crippen molar-refractivity contribution in [2.45, 2.75) is 19.9 Å². The summed E-state index contributed by atoms with van der Waals surface area (Å²) in [4.78, 5) is 14.1. The molecule has 5 heteroatoms. The van der Waals surface area contributed by atoms with Gasteiger partial charge in [-0.3, -0.25) is 9.55 Å². The first-order chi connectivity index (χ1) is 6.20. The quantitative estimate of drug-likeness (QED) is 0.699. The number of aromatic amines is 1. The summed E-state index contributed by atoms with van der Waals surface area (Å²) in [5.74, 6) is 0. The molecule has 13 heavy (non-hydrogen) atoms. The molecule has 2 heterocycles. The molecule has 0 amide bonds. The number of H-pyrrole nitrogens is 1. The van der Waals surface area contributed by atoms with Gasteiger partial charge in [-0.25, -0.2) is 4.79 Å². The number of imidazole rings is 1. The van der Waals surface area contributed by atoms with Crippen LogP contribution < -0.4 is 5.69 Å². The van der Waals surface area contributed by atoms with Crippen molar-refractivity contribution in [2.24, 2.45) is 0 Å². The standard InChI is InChI=1S/C8H10N4O/c1-5(2)12-6-3-4-9-11-7(6)10-8(12)13/h3-5H,1-2H3,(H,10,11,13). The van der Waals surface area contributed by atoms with E-state index in [1.807, 2.05) is 13.8 Å². The van der Waals surface area contributed by atoms with Gasteiger partial charge in [0.2, 0.25) is 0 Å². The number of hydrogen-bond acceptors (Lipinski definition) is 3. The first-order valence-electron chi connectivity index (χ1n) is 4.12. The third-order valence-corrected chi connectivity index (χ3v) is 1.92. The van der Waals surface area contributed by atoms with Crippen LogP contribution in [-0.4, -0.2) is 19.7 Å². The predicted octanol–water partition coefficient (Wildman–Crippen LogP) is 0.700. The fourth-order valence-electron chi connectivity index (χ4n) is 1.39. The maximum Gasteiger partial charge on any atom is 0.327 e. The van der Waals surface area contributed by atoms with Crippen molar-refractivity contribution < 1.29 is 0 Å². The predicted molar refractivity (Wildman–Crippen MR) is 48.5 cm³/mol. The van der Waals surface area contributed by atoms with Crippen LogP contribution in [0.15, 0.2) is 17.1 Å². The van der Waals surface area contributed by atoms with Crippen molar-refractivity contribution in [3.63, 3.8) is 0 Å². The summed E-state index contributed by atoms with van der Waals surface area (Å²) < 4.78 is 1.66. The van der Waals surface area contributed by atoms with E-state index in [4.69, 9.17) is 0 Å². The van der Waals surface area contributed by atoms with Crippen LogP contribution in [0.3, 0.4) is 0 Å². The lowest BCUT2D eigenvalue weighted by Gasteiger charge is -2.04. The van der Waals surface area contributed by atoms with Crippen molar-refractivity contribution in [1.82, 2.24) is 19.7 Å². The summed E-state index contributed by atoms with van der Waals surface area (Å²) in [6, 6.07) is 1.91. The van der Waals surface area contributed by atoms with Gasteiger partial charge in [0.25, 0.3) is 0 Å². The zero-order valence-corrected chi connectivity index (χ0v) is 7.48. The van der Waals surface area contributed by atoms with Gasteiger partial charge in [0.1, 0.15) is 0 Å². The normalized spacial score (nSPS) is 11.3. The Morgan fingerprint density at radius 1 is 1.54 bits per heavy atom. The second-order valence-corrected chi connectivity index (χ2v) is 3.16. The average Bonchev–Trinajstić information content (AvgIpc) is 2.39. The number of fused-ring (bicyclic) bond motifs is 1. The fourth-order valence-corrected chi connectivity index (χ4v) is 1.39. The lowest BCUT2D eigenvalue weighted by atomic mass is 10.3. The van der Waals surface area contributed by atoms with E-state index in [0.29, 0.717) is 5.65 Å². The highest BCUT2D eigenvalue weighted by Gasteiger charge is 2.09. The van der Waals surface area contributed by atoms with E-state index in [1.165, 1.54) is 0 Å². The van der Waals surface area contributed by atoms with Gasteiger partial charge >= 0.3 is 5.69 Å². The van der Waals surface area contributed by atoms with Crippen LogP contribution in [0, 0.1) is 0 Å². The van der Waals surface area contributed by atoms with Crippen molar-refractivity contribution in [3.8, 4) is 0 Å². The zero-order chi connectivity index (χ0) is 9.42. The number of nitrogens with one attached hydrogen (secondary N) is 1. The SMILES string of the molecule is CC(C)n1c(=O)[nH]c2nnccc21. The summed E-state index contributed by atoms with van der Waals surface area (Å²) >= 11 is 0. The van der Waals surface area contributed by atoms with Gasteiger partial charge in [0.15, 0.2) is 5.65 Å². The summed E-state index contributed by atoms with van der Waals surface area (Å²) in [7, 11) is 0. The molecule has 0 aliphatic carbocycles. The number of rotatable bonds is 1. The second-order valence-electron chi connectivity index (χ2n) is 3.16. The first-order valence-corrected chi connectivity index (χ1v) is 4.12. The van der Waals surface area contributed by atoms with Gasteiger partial charge in [-0.1, -0.05) is 0 Å². The molecule has 5 nitrogen and oxygen atoms in total. The highest BCUT2D eigenvalue weighted by molar-refractivity contribution is 5.69. The Morgan fingerprint density at radius 2 is 2.31 bits per heavy atom. The Morgan fingerprint density at radius 3 is 3.00 bits per heavy atom. The van der Waals surface area contributed by atoms with Crippen LogP contribution in [0.25, 0.3) is 11.2 Å². The van der Waals surface area contributed by atoms with E-state index < -0.39 is 0 Å². The van der Waals surface area contributed by atoms with Gasteiger partial charge < -0.3 is 0 Å². The molecule has 0 radical (unpaired) electrons. The Bertz CT molecular complexity index is 482. The molecule has 2 rings (SSSR count). The van der Waals surface area contributed by atoms with E-state index in [9.17, 15) is 4.79 Å². The van der Waals surface area contributed by atoms with Crippen molar-refractivity contribution in [3.05, 3.63) is 22.7 Å². The number of hydrogen-bond donors (Lipinski definition) is 1. The van der Waals surface area contributed by atoms with Crippen LogP contribution in [0.5, 0.6) is 0 Å². The number of aromatic nitrogens is 4. The highest BCUT2D eigenvalue weighted by atomic mass is 16.1. The van der Waals surface area contributed by atoms with Crippen LogP contribution in [0.2, 0.25) is 0 Å². The molecule has 0 aliphatic rings. The second kappa shape index (κ2) is 2.69. The maximum atomic E-state index is 11.4. The third kappa shape index (κ3) is 1.12. The molecule has 0 saturated heterocycles. The molecule has 0 fully saturated rings. The summed E-state index contributed by atoms with van der Waals surface area (Å²) in [6.07, 6.45) is 1.58. The minimum atomic E-state index is -0.134. The van der Waals surface area contributed by atoms with Crippen molar-refractivity contribution >= 4 is 11.2 Å². The van der Waals surface area contributed by atoms with E-state index >= 15 is 0 Å². The summed E-state index contributed by atoms with van der Waals surface area (Å²) in [5.41, 5.74) is 1.21. The van der Waals surface area contributed by atoms with E-state index in [2.05, 4.69) is 15.2 Å². The molecule has 68 valence electrons. The Kier molecular flexibility index (Phi) is 1.65. The van der Waals surface area contributed by atoms with Gasteiger partial charge in [-0.15, -0.1) is 5.10 Å². The molecule has 2 aromatic rings. The van der Waals surface area contributed by atoms with Crippen molar-refractivity contribution in [2.75, 3.05) is 0 Å². The molecule has 0 aliphatic heterocycles. The molecule has 0 bridgehead atoms.